The van der Waals surface area contributed by atoms with Gasteiger partial charge in [-0.2, -0.15) is 0 Å². The van der Waals surface area contributed by atoms with Gasteiger partial charge in [-0.3, -0.25) is 0 Å². The fourth-order valence-electron chi connectivity index (χ4n) is 5.59. The smallest absolute Gasteiger partial charge is 0.0155 e. The van der Waals surface area contributed by atoms with Gasteiger partial charge < -0.3 is 0 Å². The van der Waals surface area contributed by atoms with Crippen molar-refractivity contribution >= 4 is 0 Å². The first-order valence-corrected chi connectivity index (χ1v) is 13.6. The van der Waals surface area contributed by atoms with Crippen LogP contribution in [0.5, 0.6) is 0 Å². The lowest BCUT2D eigenvalue weighted by atomic mass is 9.61. The van der Waals surface area contributed by atoms with Crippen LogP contribution in [0.15, 0.2) is 30.3 Å². The monoisotopic (exact) mass is 476 g/mol. The Morgan fingerprint density at radius 2 is 0.714 bits per heavy atom. The van der Waals surface area contributed by atoms with E-state index >= 15 is 0 Å². The lowest BCUT2D eigenvalue weighted by Gasteiger charge is -2.43. The van der Waals surface area contributed by atoms with Gasteiger partial charge in [0.25, 0.3) is 0 Å². The van der Waals surface area contributed by atoms with E-state index in [0.717, 1.165) is 0 Å². The lowest BCUT2D eigenvalue weighted by Crippen LogP contribution is -2.35. The minimum Gasteiger partial charge on any atom is -0.0582 e. The Kier molecular flexibility index (Phi) is 7.44. The lowest BCUT2D eigenvalue weighted by molar-refractivity contribution is 0.481. The molecule has 2 aromatic carbocycles. The number of hydrogen-bond acceptors (Lipinski definition) is 0. The van der Waals surface area contributed by atoms with E-state index in [1.54, 1.807) is 0 Å². The third-order valence-electron chi connectivity index (χ3n) is 7.56. The van der Waals surface area contributed by atoms with Gasteiger partial charge >= 0.3 is 0 Å². The van der Waals surface area contributed by atoms with Crippen LogP contribution in [0.3, 0.4) is 0 Å². The highest BCUT2D eigenvalue weighted by atomic mass is 14.4. The maximum Gasteiger partial charge on any atom is 0.0155 e. The summed E-state index contributed by atoms with van der Waals surface area (Å²) in [5, 5.41) is 0. The second-order valence-corrected chi connectivity index (χ2v) is 16.5. The predicted molar refractivity (Wildman–Crippen MR) is 159 cm³/mol. The summed E-state index contributed by atoms with van der Waals surface area (Å²) in [5.74, 6) is 0. The second kappa shape index (κ2) is 8.78. The van der Waals surface area contributed by atoms with Crippen LogP contribution >= 0.6 is 0 Å². The fraction of sp³-hybridized carbons (Fsp3) is 0.657. The van der Waals surface area contributed by atoms with Crippen LogP contribution in [-0.2, 0) is 32.5 Å². The normalized spacial score (nSPS) is 14.4. The summed E-state index contributed by atoms with van der Waals surface area (Å²) in [4.78, 5) is 0. The summed E-state index contributed by atoms with van der Waals surface area (Å²) in [5.41, 5.74) is 10.5. The maximum absolute atomic E-state index is 2.50. The molecule has 0 bridgehead atoms. The highest BCUT2D eigenvalue weighted by Gasteiger charge is 2.40. The molecule has 35 heavy (non-hydrogen) atoms. The van der Waals surface area contributed by atoms with Gasteiger partial charge in [0.15, 0.2) is 0 Å². The Morgan fingerprint density at radius 3 is 1.06 bits per heavy atom. The summed E-state index contributed by atoms with van der Waals surface area (Å²) in [6.45, 7) is 40.4. The molecule has 0 nitrogen and oxygen atoms in total. The standard InChI is InChI=1S/C35H56/c1-30(2,3)23-18-19-24(27(22-23)33(10,11)12)35(16,17)29-26(32(7,8)9)21-20-25(31(4,5)6)28(29)34(13,14)15/h18-22H,1-17H3. The van der Waals surface area contributed by atoms with E-state index in [9.17, 15) is 0 Å². The summed E-state index contributed by atoms with van der Waals surface area (Å²) < 4.78 is 0. The van der Waals surface area contributed by atoms with Crippen molar-refractivity contribution in [3.63, 3.8) is 0 Å². The molecule has 0 aliphatic carbocycles. The second-order valence-electron chi connectivity index (χ2n) is 16.5. The zero-order valence-electron chi connectivity index (χ0n) is 26.4. The topological polar surface area (TPSA) is 0 Å². The third-order valence-corrected chi connectivity index (χ3v) is 7.56. The fourth-order valence-corrected chi connectivity index (χ4v) is 5.59. The van der Waals surface area contributed by atoms with Crippen molar-refractivity contribution in [2.45, 2.75) is 150 Å². The van der Waals surface area contributed by atoms with E-state index in [1.807, 2.05) is 0 Å². The quantitative estimate of drug-likeness (QED) is 0.404. The molecule has 0 amide bonds. The zero-order valence-corrected chi connectivity index (χ0v) is 26.4. The van der Waals surface area contributed by atoms with Crippen molar-refractivity contribution in [3.8, 4) is 0 Å². The molecule has 2 rings (SSSR count). The van der Waals surface area contributed by atoms with Crippen LogP contribution in [0, 0.1) is 0 Å². The molecular formula is C35H56. The van der Waals surface area contributed by atoms with Crippen LogP contribution in [0.25, 0.3) is 0 Å². The molecule has 0 saturated carbocycles. The SMILES string of the molecule is CC(C)(C)c1ccc(C(C)(C)c2c(C(C)(C)C)ccc(C(C)(C)C)c2C(C)(C)C)c(C(C)(C)C)c1. The Morgan fingerprint density at radius 1 is 0.343 bits per heavy atom. The van der Waals surface area contributed by atoms with Gasteiger partial charge in [-0.1, -0.05) is 148 Å². The molecular weight excluding hydrogens is 420 g/mol. The first kappa shape index (κ1) is 29.7. The molecule has 0 atom stereocenters. The minimum absolute atomic E-state index is 0.0315. The van der Waals surface area contributed by atoms with Crippen LogP contribution in [0.4, 0.5) is 0 Å². The van der Waals surface area contributed by atoms with Crippen LogP contribution in [0.1, 0.15) is 157 Å². The van der Waals surface area contributed by atoms with E-state index in [4.69, 9.17) is 0 Å². The Bertz CT molecular complexity index is 1060. The largest absolute Gasteiger partial charge is 0.0582 e. The summed E-state index contributed by atoms with van der Waals surface area (Å²) in [6.07, 6.45) is 0. The van der Waals surface area contributed by atoms with Crippen molar-refractivity contribution in [2.75, 3.05) is 0 Å². The van der Waals surface area contributed by atoms with E-state index < -0.39 is 0 Å². The van der Waals surface area contributed by atoms with Gasteiger partial charge in [-0.05, 0) is 66.0 Å². The molecule has 0 aliphatic heterocycles. The van der Waals surface area contributed by atoms with Gasteiger partial charge in [-0.25, -0.2) is 0 Å². The zero-order chi connectivity index (χ0) is 27.6. The molecule has 0 aliphatic rings. The molecule has 0 heterocycles. The van der Waals surface area contributed by atoms with Crippen LogP contribution in [-0.4, -0.2) is 0 Å². The average molecular weight is 477 g/mol. The number of rotatable bonds is 2. The number of benzene rings is 2. The van der Waals surface area contributed by atoms with Gasteiger partial charge in [-0.15, -0.1) is 0 Å². The van der Waals surface area contributed by atoms with Crippen molar-refractivity contribution in [2.24, 2.45) is 0 Å². The van der Waals surface area contributed by atoms with Gasteiger partial charge in [0, 0.05) is 5.41 Å². The summed E-state index contributed by atoms with van der Waals surface area (Å²) >= 11 is 0. The molecule has 0 spiro atoms. The number of hydrogen-bond donors (Lipinski definition) is 0. The predicted octanol–water partition coefficient (Wildman–Crippen LogP) is 10.5. The Balaban J connectivity index is 3.15. The van der Waals surface area contributed by atoms with Crippen molar-refractivity contribution in [3.05, 3.63) is 69.3 Å². The maximum atomic E-state index is 2.50. The Hall–Kier alpha value is -1.56. The van der Waals surface area contributed by atoms with Crippen molar-refractivity contribution < 1.29 is 0 Å². The highest BCUT2D eigenvalue weighted by Crippen LogP contribution is 2.49. The molecule has 2 aromatic rings. The molecule has 0 radical (unpaired) electrons. The third kappa shape index (κ3) is 6.06. The summed E-state index contributed by atoms with van der Waals surface area (Å²) in [7, 11) is 0. The van der Waals surface area contributed by atoms with Crippen LogP contribution < -0.4 is 0 Å². The van der Waals surface area contributed by atoms with Crippen molar-refractivity contribution in [1.29, 1.82) is 0 Å². The molecule has 0 fully saturated rings. The van der Waals surface area contributed by atoms with Gasteiger partial charge in [0.1, 0.15) is 0 Å². The molecule has 0 saturated heterocycles. The molecule has 0 unspecified atom stereocenters. The Labute approximate surface area is 219 Å². The van der Waals surface area contributed by atoms with E-state index in [0.29, 0.717) is 0 Å². The minimum atomic E-state index is -0.147. The highest BCUT2D eigenvalue weighted by molar-refractivity contribution is 5.58. The molecule has 0 N–H and O–H groups in total. The molecule has 0 aromatic heterocycles. The molecule has 196 valence electrons. The average Bonchev–Trinajstić information content (AvgIpc) is 2.62. The van der Waals surface area contributed by atoms with Gasteiger partial charge in [0.2, 0.25) is 0 Å². The molecule has 0 heteroatoms. The van der Waals surface area contributed by atoms with Crippen molar-refractivity contribution in [1.82, 2.24) is 0 Å². The first-order valence-electron chi connectivity index (χ1n) is 13.6. The summed E-state index contributed by atoms with van der Waals surface area (Å²) in [6, 6.07) is 12.2. The van der Waals surface area contributed by atoms with E-state index in [2.05, 4.69) is 148 Å². The van der Waals surface area contributed by atoms with E-state index in [1.165, 1.54) is 38.9 Å². The first-order chi connectivity index (χ1) is 15.3. The van der Waals surface area contributed by atoms with Crippen LogP contribution in [0.2, 0.25) is 0 Å². The van der Waals surface area contributed by atoms with Gasteiger partial charge in [0.05, 0.1) is 0 Å². The van der Waals surface area contributed by atoms with E-state index in [-0.39, 0.29) is 32.5 Å².